The number of rotatable bonds is 7. The fraction of sp³-hybridized carbons (Fsp3) is 0.250. The van der Waals surface area contributed by atoms with E-state index in [1.807, 2.05) is 44.2 Å². The number of benzene rings is 2. The zero-order chi connectivity index (χ0) is 22.4. The monoisotopic (exact) mass is 416 g/mol. The maximum atomic E-state index is 13.0. The molecule has 0 unspecified atom stereocenters. The van der Waals surface area contributed by atoms with Crippen molar-refractivity contribution in [2.24, 2.45) is 0 Å². The second-order valence-electron chi connectivity index (χ2n) is 7.31. The summed E-state index contributed by atoms with van der Waals surface area (Å²) in [4.78, 5) is 39.5. The number of carbonyl (C=O) groups excluding carboxylic acids is 2. The Hall–Kier alpha value is -3.92. The number of carbonyl (C=O) groups is 2. The Kier molecular flexibility index (Phi) is 6.83. The fourth-order valence-corrected chi connectivity index (χ4v) is 3.44. The van der Waals surface area contributed by atoms with Gasteiger partial charge in [0.25, 0.3) is 0 Å². The van der Waals surface area contributed by atoms with E-state index in [-0.39, 0.29) is 35.9 Å². The molecule has 1 N–H and O–H groups in total. The first kappa shape index (κ1) is 21.8. The van der Waals surface area contributed by atoms with Crippen molar-refractivity contribution >= 4 is 28.4 Å². The van der Waals surface area contributed by atoms with Crippen molar-refractivity contribution in [2.45, 2.75) is 26.8 Å². The number of nitrogens with zero attached hydrogens (tertiary/aromatic N) is 3. The number of amides is 2. The van der Waals surface area contributed by atoms with E-state index in [2.05, 4.69) is 5.32 Å². The number of aryl methyl sites for hydroxylation is 1. The third-order valence-corrected chi connectivity index (χ3v) is 5.01. The number of para-hydroxylation sites is 2. The van der Waals surface area contributed by atoms with Gasteiger partial charge in [0.15, 0.2) is 0 Å². The van der Waals surface area contributed by atoms with E-state index < -0.39 is 0 Å². The van der Waals surface area contributed by atoms with E-state index in [9.17, 15) is 19.6 Å². The molecule has 7 nitrogen and oxygen atoms in total. The number of nitriles is 1. The van der Waals surface area contributed by atoms with Crippen LogP contribution in [0.25, 0.3) is 10.9 Å². The molecule has 31 heavy (non-hydrogen) atoms. The molecule has 0 aliphatic heterocycles. The van der Waals surface area contributed by atoms with Gasteiger partial charge in [0.2, 0.25) is 17.2 Å². The van der Waals surface area contributed by atoms with Crippen LogP contribution in [0, 0.1) is 18.3 Å². The lowest BCUT2D eigenvalue weighted by molar-refractivity contribution is -0.135. The first-order valence-electron chi connectivity index (χ1n) is 10.1. The predicted molar refractivity (Wildman–Crippen MR) is 120 cm³/mol. The van der Waals surface area contributed by atoms with Crippen molar-refractivity contribution in [1.82, 2.24) is 9.47 Å². The van der Waals surface area contributed by atoms with Gasteiger partial charge in [-0.25, -0.2) is 0 Å². The number of hydrogen-bond acceptors (Lipinski definition) is 4. The van der Waals surface area contributed by atoms with Crippen molar-refractivity contribution in [2.75, 3.05) is 18.4 Å². The van der Waals surface area contributed by atoms with Crippen LogP contribution in [0.2, 0.25) is 0 Å². The summed E-state index contributed by atoms with van der Waals surface area (Å²) in [6.07, 6.45) is 2.10. The summed E-state index contributed by atoms with van der Waals surface area (Å²) >= 11 is 0. The minimum Gasteiger partial charge on any atom is -0.336 e. The number of anilines is 1. The van der Waals surface area contributed by atoms with Gasteiger partial charge in [0, 0.05) is 23.8 Å². The number of nitrogens with one attached hydrogen (secondary N) is 1. The second-order valence-corrected chi connectivity index (χ2v) is 7.31. The van der Waals surface area contributed by atoms with Gasteiger partial charge in [0.1, 0.15) is 18.2 Å². The smallest absolute Gasteiger partial charge is 0.244 e. The highest BCUT2D eigenvalue weighted by molar-refractivity contribution is 5.95. The van der Waals surface area contributed by atoms with Crippen molar-refractivity contribution in [1.29, 1.82) is 5.26 Å². The summed E-state index contributed by atoms with van der Waals surface area (Å²) in [5.74, 6) is -0.543. The first-order valence-corrected chi connectivity index (χ1v) is 10.1. The number of hydrogen-bond donors (Lipinski definition) is 1. The van der Waals surface area contributed by atoms with Gasteiger partial charge in [-0.3, -0.25) is 14.4 Å². The van der Waals surface area contributed by atoms with Gasteiger partial charge in [-0.05, 0) is 37.1 Å². The Balaban J connectivity index is 1.82. The summed E-state index contributed by atoms with van der Waals surface area (Å²) in [5, 5.41) is 12.5. The summed E-state index contributed by atoms with van der Waals surface area (Å²) in [7, 11) is 0. The molecular formula is C24H24N4O3. The van der Waals surface area contributed by atoms with E-state index in [0.29, 0.717) is 29.6 Å². The molecule has 0 aliphatic rings. The molecule has 7 heteroatoms. The molecule has 2 aromatic carbocycles. The number of aromatic nitrogens is 1. The molecule has 0 spiro atoms. The molecule has 1 heterocycles. The average molecular weight is 416 g/mol. The van der Waals surface area contributed by atoms with E-state index in [1.54, 1.807) is 28.8 Å². The summed E-state index contributed by atoms with van der Waals surface area (Å²) in [5.41, 5.74) is 1.84. The standard InChI is InChI=1S/C24H24N4O3/c1-3-12-27(15-22(29)26-20-10-6-4-8-17(20)2)23(30)16-28-14-18(13-25)24(31)19-9-5-7-11-21(19)28/h4-11,14H,3,12,15-16H2,1-2H3,(H,26,29). The van der Waals surface area contributed by atoms with Gasteiger partial charge in [-0.2, -0.15) is 5.26 Å². The highest BCUT2D eigenvalue weighted by Crippen LogP contribution is 2.14. The molecule has 3 rings (SSSR count). The van der Waals surface area contributed by atoms with Gasteiger partial charge in [-0.15, -0.1) is 0 Å². The van der Waals surface area contributed by atoms with E-state index in [1.165, 1.54) is 11.1 Å². The molecule has 0 bridgehead atoms. The molecule has 0 saturated heterocycles. The molecule has 0 radical (unpaired) electrons. The van der Waals surface area contributed by atoms with E-state index >= 15 is 0 Å². The molecule has 0 atom stereocenters. The highest BCUT2D eigenvalue weighted by Gasteiger charge is 2.19. The third kappa shape index (κ3) is 4.98. The molecule has 1 aromatic heterocycles. The molecule has 0 fully saturated rings. The normalized spacial score (nSPS) is 10.5. The first-order chi connectivity index (χ1) is 14.9. The lowest BCUT2D eigenvalue weighted by atomic mass is 10.1. The van der Waals surface area contributed by atoms with E-state index in [0.717, 1.165) is 5.56 Å². The van der Waals surface area contributed by atoms with Crippen LogP contribution in [0.5, 0.6) is 0 Å². The van der Waals surface area contributed by atoms with Gasteiger partial charge in [0.05, 0.1) is 12.1 Å². The second kappa shape index (κ2) is 9.72. The molecule has 0 aliphatic carbocycles. The van der Waals surface area contributed by atoms with Crippen LogP contribution in [0.4, 0.5) is 5.69 Å². The SMILES string of the molecule is CCCN(CC(=O)Nc1ccccc1C)C(=O)Cn1cc(C#N)c(=O)c2ccccc21. The summed E-state index contributed by atoms with van der Waals surface area (Å²) < 4.78 is 1.60. The molecule has 2 amide bonds. The minimum absolute atomic E-state index is 0.0224. The topological polar surface area (TPSA) is 95.2 Å². The average Bonchev–Trinajstić information content (AvgIpc) is 2.77. The van der Waals surface area contributed by atoms with Crippen LogP contribution in [0.3, 0.4) is 0 Å². The number of pyridine rings is 1. The quantitative estimate of drug-likeness (QED) is 0.640. The van der Waals surface area contributed by atoms with E-state index in [4.69, 9.17) is 0 Å². The zero-order valence-electron chi connectivity index (χ0n) is 17.6. The van der Waals surface area contributed by atoms with Gasteiger partial charge in [-0.1, -0.05) is 37.3 Å². The van der Waals surface area contributed by atoms with Crippen molar-refractivity contribution in [3.63, 3.8) is 0 Å². The zero-order valence-corrected chi connectivity index (χ0v) is 17.6. The maximum absolute atomic E-state index is 13.0. The highest BCUT2D eigenvalue weighted by atomic mass is 16.2. The van der Waals surface area contributed by atoms with Crippen LogP contribution in [-0.2, 0) is 16.1 Å². The van der Waals surface area contributed by atoms with Crippen LogP contribution < -0.4 is 10.7 Å². The summed E-state index contributed by atoms with van der Waals surface area (Å²) in [6, 6.07) is 16.2. The molecular weight excluding hydrogens is 392 g/mol. The van der Waals surface area contributed by atoms with Crippen molar-refractivity contribution in [3.05, 3.63) is 76.1 Å². The Morgan fingerprint density at radius 1 is 1.13 bits per heavy atom. The maximum Gasteiger partial charge on any atom is 0.244 e. The Labute approximate surface area is 180 Å². The van der Waals surface area contributed by atoms with Crippen LogP contribution in [-0.4, -0.2) is 34.4 Å². The Bertz CT molecular complexity index is 1220. The Morgan fingerprint density at radius 3 is 2.55 bits per heavy atom. The molecule has 158 valence electrons. The van der Waals surface area contributed by atoms with Crippen LogP contribution in [0.1, 0.15) is 24.5 Å². The third-order valence-electron chi connectivity index (χ3n) is 5.01. The van der Waals surface area contributed by atoms with Crippen molar-refractivity contribution < 1.29 is 9.59 Å². The lowest BCUT2D eigenvalue weighted by Gasteiger charge is -2.23. The largest absolute Gasteiger partial charge is 0.336 e. The van der Waals surface area contributed by atoms with Crippen LogP contribution >= 0.6 is 0 Å². The predicted octanol–water partition coefficient (Wildman–Crippen LogP) is 3.06. The minimum atomic E-state index is -0.357. The van der Waals surface area contributed by atoms with Crippen molar-refractivity contribution in [3.8, 4) is 6.07 Å². The summed E-state index contributed by atoms with van der Waals surface area (Å²) in [6.45, 7) is 4.10. The fourth-order valence-electron chi connectivity index (χ4n) is 3.44. The molecule has 3 aromatic rings. The van der Waals surface area contributed by atoms with Crippen LogP contribution in [0.15, 0.2) is 59.5 Å². The number of fused-ring (bicyclic) bond motifs is 1. The van der Waals surface area contributed by atoms with Gasteiger partial charge >= 0.3 is 0 Å². The van der Waals surface area contributed by atoms with Gasteiger partial charge < -0.3 is 14.8 Å². The Morgan fingerprint density at radius 2 is 1.84 bits per heavy atom. The molecule has 0 saturated carbocycles. The lowest BCUT2D eigenvalue weighted by Crippen LogP contribution is -2.40.